The fourth-order valence-corrected chi connectivity index (χ4v) is 4.02. The summed E-state index contributed by atoms with van der Waals surface area (Å²) in [6.45, 7) is 2.18. The van der Waals surface area contributed by atoms with E-state index in [0.29, 0.717) is 17.9 Å². The van der Waals surface area contributed by atoms with Crippen molar-refractivity contribution in [3.8, 4) is 5.75 Å². The molecule has 2 amide bonds. The van der Waals surface area contributed by atoms with Gasteiger partial charge in [-0.3, -0.25) is 9.59 Å². The average Bonchev–Trinajstić information content (AvgIpc) is 3.31. The van der Waals surface area contributed by atoms with Crippen LogP contribution in [0.2, 0.25) is 0 Å². The van der Waals surface area contributed by atoms with Gasteiger partial charge in [0.15, 0.2) is 0 Å². The summed E-state index contributed by atoms with van der Waals surface area (Å²) in [5.74, 6) is 2.86. The first-order valence-electron chi connectivity index (χ1n) is 8.19. The molecule has 2 aliphatic rings. The second-order valence-electron chi connectivity index (χ2n) is 6.14. The number of carbonyl (C=O) groups excluding carboxylic acids is 2. The lowest BCUT2D eigenvalue weighted by Gasteiger charge is -2.19. The van der Waals surface area contributed by atoms with Crippen LogP contribution in [0.5, 0.6) is 5.75 Å². The van der Waals surface area contributed by atoms with Gasteiger partial charge >= 0.3 is 0 Å². The van der Waals surface area contributed by atoms with Crippen molar-refractivity contribution in [2.75, 3.05) is 38.4 Å². The molecule has 2 atom stereocenters. The molecule has 7 heteroatoms. The van der Waals surface area contributed by atoms with Crippen LogP contribution in [0.3, 0.4) is 0 Å². The van der Waals surface area contributed by atoms with E-state index in [1.54, 1.807) is 37.1 Å². The van der Waals surface area contributed by atoms with Crippen molar-refractivity contribution < 1.29 is 14.3 Å². The highest BCUT2D eigenvalue weighted by atomic mass is 32.2. The van der Waals surface area contributed by atoms with Gasteiger partial charge in [-0.05, 0) is 30.5 Å². The van der Waals surface area contributed by atoms with Gasteiger partial charge in [0.2, 0.25) is 5.91 Å². The Kier molecular flexibility index (Phi) is 5.63. The van der Waals surface area contributed by atoms with Crippen molar-refractivity contribution in [3.05, 3.63) is 29.8 Å². The Labute approximate surface area is 146 Å². The number of thioether (sulfide) groups is 1. The number of nitrogens with zero attached hydrogens (tertiary/aromatic N) is 1. The van der Waals surface area contributed by atoms with E-state index in [9.17, 15) is 9.59 Å². The Bertz CT molecular complexity index is 604. The van der Waals surface area contributed by atoms with E-state index in [0.717, 1.165) is 31.1 Å². The summed E-state index contributed by atoms with van der Waals surface area (Å²) in [6.07, 6.45) is 0.776. The van der Waals surface area contributed by atoms with Gasteiger partial charge in [0.1, 0.15) is 5.75 Å². The van der Waals surface area contributed by atoms with Crippen LogP contribution in [0, 0.1) is 5.92 Å². The SMILES string of the molecule is COc1cccc(C(=O)NC[C@@H]2CN[C@H](C(=O)N3CCSC3)C2)c1. The summed E-state index contributed by atoms with van der Waals surface area (Å²) < 4.78 is 5.14. The molecule has 2 saturated heterocycles. The minimum absolute atomic E-state index is 0.109. The molecule has 2 aliphatic heterocycles. The summed E-state index contributed by atoms with van der Waals surface area (Å²) in [5.41, 5.74) is 0.585. The van der Waals surface area contributed by atoms with Crippen molar-refractivity contribution in [2.24, 2.45) is 5.92 Å². The zero-order valence-electron chi connectivity index (χ0n) is 13.8. The summed E-state index contributed by atoms with van der Waals surface area (Å²) in [7, 11) is 1.58. The number of hydrogen-bond donors (Lipinski definition) is 2. The number of hydrogen-bond acceptors (Lipinski definition) is 5. The Morgan fingerprint density at radius 3 is 3.08 bits per heavy atom. The van der Waals surface area contributed by atoms with Crippen molar-refractivity contribution >= 4 is 23.6 Å². The number of methoxy groups -OCH3 is 1. The lowest BCUT2D eigenvalue weighted by atomic mass is 10.0. The third kappa shape index (κ3) is 4.02. The lowest BCUT2D eigenvalue weighted by Crippen LogP contribution is -2.42. The van der Waals surface area contributed by atoms with E-state index in [1.807, 2.05) is 11.0 Å². The highest BCUT2D eigenvalue weighted by Gasteiger charge is 2.33. The van der Waals surface area contributed by atoms with Gasteiger partial charge in [0.25, 0.3) is 5.91 Å². The minimum Gasteiger partial charge on any atom is -0.497 e. The average molecular weight is 349 g/mol. The van der Waals surface area contributed by atoms with Crippen LogP contribution >= 0.6 is 11.8 Å². The van der Waals surface area contributed by atoms with E-state index in [2.05, 4.69) is 10.6 Å². The van der Waals surface area contributed by atoms with Gasteiger partial charge in [0.05, 0.1) is 19.0 Å². The van der Waals surface area contributed by atoms with Gasteiger partial charge in [-0.25, -0.2) is 0 Å². The molecule has 0 bridgehead atoms. The molecule has 24 heavy (non-hydrogen) atoms. The van der Waals surface area contributed by atoms with E-state index < -0.39 is 0 Å². The molecule has 130 valence electrons. The van der Waals surface area contributed by atoms with Crippen molar-refractivity contribution in [2.45, 2.75) is 12.5 Å². The number of carbonyl (C=O) groups is 2. The van der Waals surface area contributed by atoms with Crippen LogP contribution < -0.4 is 15.4 Å². The first-order valence-corrected chi connectivity index (χ1v) is 9.35. The van der Waals surface area contributed by atoms with Crippen LogP contribution in [0.1, 0.15) is 16.8 Å². The molecule has 6 nitrogen and oxygen atoms in total. The van der Waals surface area contributed by atoms with Gasteiger partial charge in [-0.15, -0.1) is 11.8 Å². The monoisotopic (exact) mass is 349 g/mol. The number of benzene rings is 1. The maximum atomic E-state index is 12.4. The Hall–Kier alpha value is -1.73. The summed E-state index contributed by atoms with van der Waals surface area (Å²) in [6, 6.07) is 6.99. The van der Waals surface area contributed by atoms with E-state index >= 15 is 0 Å². The largest absolute Gasteiger partial charge is 0.497 e. The second kappa shape index (κ2) is 7.90. The first kappa shape index (κ1) is 17.1. The van der Waals surface area contributed by atoms with Gasteiger partial charge in [0, 0.05) is 31.0 Å². The maximum absolute atomic E-state index is 12.4. The smallest absolute Gasteiger partial charge is 0.251 e. The molecule has 1 aromatic carbocycles. The summed E-state index contributed by atoms with van der Waals surface area (Å²) in [4.78, 5) is 26.5. The Balaban J connectivity index is 1.47. The topological polar surface area (TPSA) is 70.7 Å². The predicted molar refractivity (Wildman–Crippen MR) is 94.3 cm³/mol. The number of amides is 2. The fraction of sp³-hybridized carbons (Fsp3) is 0.529. The standard InChI is InChI=1S/C17H23N3O3S/c1-23-14-4-2-3-13(8-14)16(21)19-10-12-7-15(18-9-12)17(22)20-5-6-24-11-20/h2-4,8,12,15,18H,5-7,9-11H2,1H3,(H,19,21)/t12-,15-/m0/s1. The molecule has 0 radical (unpaired) electrons. The predicted octanol–water partition coefficient (Wildman–Crippen LogP) is 0.936. The highest BCUT2D eigenvalue weighted by molar-refractivity contribution is 7.99. The molecular formula is C17H23N3O3S. The maximum Gasteiger partial charge on any atom is 0.251 e. The van der Waals surface area contributed by atoms with Crippen molar-refractivity contribution in [1.29, 1.82) is 0 Å². The number of nitrogens with one attached hydrogen (secondary N) is 2. The third-order valence-corrected chi connectivity index (χ3v) is 5.43. The molecule has 2 heterocycles. The normalized spacial score (nSPS) is 23.3. The zero-order chi connectivity index (χ0) is 16.9. The molecule has 1 aromatic rings. The van der Waals surface area contributed by atoms with Gasteiger partial charge < -0.3 is 20.3 Å². The molecule has 0 aliphatic carbocycles. The van der Waals surface area contributed by atoms with Crippen molar-refractivity contribution in [3.63, 3.8) is 0 Å². The molecule has 0 unspecified atom stereocenters. The first-order chi connectivity index (χ1) is 11.7. The fourth-order valence-electron chi connectivity index (χ4n) is 3.06. The van der Waals surface area contributed by atoms with E-state index in [1.165, 1.54) is 0 Å². The van der Waals surface area contributed by atoms with Crippen molar-refractivity contribution in [1.82, 2.24) is 15.5 Å². The quantitative estimate of drug-likeness (QED) is 0.828. The van der Waals surface area contributed by atoms with E-state index in [4.69, 9.17) is 4.74 Å². The van der Waals surface area contributed by atoms with Crippen LogP contribution in [0.25, 0.3) is 0 Å². The molecule has 0 saturated carbocycles. The molecule has 2 N–H and O–H groups in total. The molecular weight excluding hydrogens is 326 g/mol. The molecule has 2 fully saturated rings. The number of ether oxygens (including phenoxy) is 1. The minimum atomic E-state index is -0.111. The van der Waals surface area contributed by atoms with Crippen LogP contribution in [0.4, 0.5) is 0 Å². The van der Waals surface area contributed by atoms with Crippen LogP contribution in [-0.4, -0.2) is 61.1 Å². The highest BCUT2D eigenvalue weighted by Crippen LogP contribution is 2.20. The number of rotatable bonds is 5. The second-order valence-corrected chi connectivity index (χ2v) is 7.22. The van der Waals surface area contributed by atoms with Gasteiger partial charge in [-0.1, -0.05) is 6.07 Å². The lowest BCUT2D eigenvalue weighted by molar-refractivity contribution is -0.131. The van der Waals surface area contributed by atoms with E-state index in [-0.39, 0.29) is 23.8 Å². The Morgan fingerprint density at radius 1 is 1.46 bits per heavy atom. The summed E-state index contributed by atoms with van der Waals surface area (Å²) >= 11 is 1.79. The van der Waals surface area contributed by atoms with Gasteiger partial charge in [-0.2, -0.15) is 0 Å². The zero-order valence-corrected chi connectivity index (χ0v) is 14.6. The third-order valence-electron chi connectivity index (χ3n) is 4.47. The summed E-state index contributed by atoms with van der Waals surface area (Å²) in [5, 5.41) is 6.25. The van der Waals surface area contributed by atoms with Crippen LogP contribution in [0.15, 0.2) is 24.3 Å². The Morgan fingerprint density at radius 2 is 2.33 bits per heavy atom. The molecule has 0 spiro atoms. The van der Waals surface area contributed by atoms with Crippen LogP contribution in [-0.2, 0) is 4.79 Å². The molecule has 3 rings (SSSR count). The molecule has 0 aromatic heterocycles.